The molecular formula is C13H29NOS. The predicted molar refractivity (Wildman–Crippen MR) is 75.3 cm³/mol. The Bertz CT molecular complexity index is 142. The quantitative estimate of drug-likeness (QED) is 0.433. The second-order valence-electron chi connectivity index (χ2n) is 4.81. The van der Waals surface area contributed by atoms with Gasteiger partial charge in [0, 0.05) is 6.54 Å². The van der Waals surface area contributed by atoms with Gasteiger partial charge in [-0.2, -0.15) is 12.6 Å². The number of unbranched alkanes of at least 4 members (excludes halogenated alkanes) is 6. The molecule has 0 amide bonds. The fourth-order valence-electron chi connectivity index (χ4n) is 1.92. The van der Waals surface area contributed by atoms with Crippen molar-refractivity contribution < 1.29 is 5.11 Å². The summed E-state index contributed by atoms with van der Waals surface area (Å²) in [6.07, 6.45) is 9.07. The highest BCUT2D eigenvalue weighted by atomic mass is 32.1. The third-order valence-corrected chi connectivity index (χ3v) is 3.09. The number of aliphatic hydroxyl groups excluding tert-OH is 1. The van der Waals surface area contributed by atoms with E-state index in [-0.39, 0.29) is 6.10 Å². The molecule has 0 aromatic heterocycles. The summed E-state index contributed by atoms with van der Waals surface area (Å²) in [6, 6.07) is 0. The fraction of sp³-hybridized carbons (Fsp3) is 1.00. The minimum Gasteiger partial charge on any atom is -0.392 e. The van der Waals surface area contributed by atoms with Crippen LogP contribution in [0.5, 0.6) is 0 Å². The smallest absolute Gasteiger partial charge is 0.0638 e. The molecule has 0 aromatic rings. The van der Waals surface area contributed by atoms with E-state index in [0.29, 0.717) is 0 Å². The van der Waals surface area contributed by atoms with Crippen molar-refractivity contribution in [3.63, 3.8) is 0 Å². The molecule has 2 nitrogen and oxygen atoms in total. The van der Waals surface area contributed by atoms with Crippen molar-refractivity contribution in [3.8, 4) is 0 Å². The second-order valence-corrected chi connectivity index (χ2v) is 5.26. The van der Waals surface area contributed by atoms with Gasteiger partial charge in [0.1, 0.15) is 0 Å². The summed E-state index contributed by atoms with van der Waals surface area (Å²) in [6.45, 7) is 3.75. The number of hydrogen-bond donors (Lipinski definition) is 2. The van der Waals surface area contributed by atoms with Crippen LogP contribution in [0.4, 0.5) is 0 Å². The Morgan fingerprint density at radius 1 is 1.00 bits per heavy atom. The van der Waals surface area contributed by atoms with E-state index in [4.69, 9.17) is 0 Å². The van der Waals surface area contributed by atoms with Gasteiger partial charge in [-0.1, -0.05) is 32.1 Å². The Morgan fingerprint density at radius 2 is 1.50 bits per heavy atom. The van der Waals surface area contributed by atoms with Gasteiger partial charge in [-0.15, -0.1) is 0 Å². The molecule has 98 valence electrons. The van der Waals surface area contributed by atoms with E-state index < -0.39 is 0 Å². The summed E-state index contributed by atoms with van der Waals surface area (Å²) in [5.41, 5.74) is 0. The summed E-state index contributed by atoms with van der Waals surface area (Å²) in [5, 5.41) is 9.20. The zero-order valence-electron chi connectivity index (χ0n) is 11.0. The maximum Gasteiger partial charge on any atom is 0.0638 e. The number of thiol groups is 1. The lowest BCUT2D eigenvalue weighted by Gasteiger charge is -2.17. The third kappa shape index (κ3) is 12.3. The lowest BCUT2D eigenvalue weighted by atomic mass is 10.1. The van der Waals surface area contributed by atoms with E-state index in [9.17, 15) is 5.11 Å². The summed E-state index contributed by atoms with van der Waals surface area (Å²) >= 11 is 4.20. The minimum absolute atomic E-state index is 0.203. The first kappa shape index (κ1) is 16.3. The summed E-state index contributed by atoms with van der Waals surface area (Å²) in [4.78, 5) is 2.21. The van der Waals surface area contributed by atoms with E-state index in [1.807, 2.05) is 6.92 Å². The molecule has 0 saturated heterocycles. The van der Waals surface area contributed by atoms with Crippen molar-refractivity contribution >= 4 is 12.6 Å². The van der Waals surface area contributed by atoms with E-state index >= 15 is 0 Å². The first-order valence-electron chi connectivity index (χ1n) is 6.64. The van der Waals surface area contributed by atoms with Crippen molar-refractivity contribution in [2.24, 2.45) is 0 Å². The molecule has 1 unspecified atom stereocenters. The van der Waals surface area contributed by atoms with Crippen LogP contribution in [0.2, 0.25) is 0 Å². The number of likely N-dealkylation sites (N-methyl/N-ethyl adjacent to an activating group) is 1. The van der Waals surface area contributed by atoms with E-state index in [2.05, 4.69) is 24.6 Å². The highest BCUT2D eigenvalue weighted by Crippen LogP contribution is 2.08. The molecule has 0 saturated carbocycles. The molecule has 0 rings (SSSR count). The van der Waals surface area contributed by atoms with Gasteiger partial charge in [-0.25, -0.2) is 0 Å². The molecule has 0 bridgehead atoms. The van der Waals surface area contributed by atoms with Crippen LogP contribution in [-0.4, -0.2) is 42.0 Å². The Labute approximate surface area is 107 Å². The summed E-state index contributed by atoms with van der Waals surface area (Å²) in [5.74, 6) is 1.03. The van der Waals surface area contributed by atoms with Gasteiger partial charge in [-0.05, 0) is 39.1 Å². The van der Waals surface area contributed by atoms with Gasteiger partial charge in [-0.3, -0.25) is 0 Å². The standard InChI is InChI=1S/C13H29NOS/c1-13(15)12-14(2)10-8-6-4-3-5-7-9-11-16/h13,15-16H,3-12H2,1-2H3. The van der Waals surface area contributed by atoms with Crippen LogP contribution in [0.1, 0.15) is 51.9 Å². The lowest BCUT2D eigenvalue weighted by molar-refractivity contribution is 0.140. The summed E-state index contributed by atoms with van der Waals surface area (Å²) in [7, 11) is 2.08. The molecule has 0 radical (unpaired) electrons. The van der Waals surface area contributed by atoms with Crippen molar-refractivity contribution in [2.45, 2.75) is 58.0 Å². The summed E-state index contributed by atoms with van der Waals surface area (Å²) < 4.78 is 0. The van der Waals surface area contributed by atoms with Gasteiger partial charge in [0.05, 0.1) is 6.10 Å². The number of aliphatic hydroxyl groups is 1. The topological polar surface area (TPSA) is 23.5 Å². The van der Waals surface area contributed by atoms with E-state index in [1.54, 1.807) is 0 Å². The normalized spacial score (nSPS) is 13.3. The SMILES string of the molecule is CC(O)CN(C)CCCCCCCCCS. The van der Waals surface area contributed by atoms with Crippen molar-refractivity contribution in [1.82, 2.24) is 4.90 Å². The first-order chi connectivity index (χ1) is 7.66. The number of hydrogen-bond acceptors (Lipinski definition) is 3. The van der Waals surface area contributed by atoms with Crippen LogP contribution in [-0.2, 0) is 0 Å². The highest BCUT2D eigenvalue weighted by Gasteiger charge is 2.01. The van der Waals surface area contributed by atoms with Crippen LogP contribution < -0.4 is 0 Å². The molecular weight excluding hydrogens is 218 g/mol. The van der Waals surface area contributed by atoms with Crippen molar-refractivity contribution in [3.05, 3.63) is 0 Å². The molecule has 0 spiro atoms. The van der Waals surface area contributed by atoms with Gasteiger partial charge >= 0.3 is 0 Å². The van der Waals surface area contributed by atoms with Crippen LogP contribution in [0, 0.1) is 0 Å². The molecule has 0 aliphatic rings. The highest BCUT2D eigenvalue weighted by molar-refractivity contribution is 7.80. The maximum absolute atomic E-state index is 9.20. The van der Waals surface area contributed by atoms with E-state index in [1.165, 1.54) is 44.9 Å². The average Bonchev–Trinajstić information content (AvgIpc) is 2.21. The number of nitrogens with zero attached hydrogens (tertiary/aromatic N) is 1. The molecule has 1 N–H and O–H groups in total. The molecule has 1 atom stereocenters. The third-order valence-electron chi connectivity index (χ3n) is 2.77. The Hall–Kier alpha value is 0.270. The average molecular weight is 247 g/mol. The molecule has 0 fully saturated rings. The minimum atomic E-state index is -0.203. The van der Waals surface area contributed by atoms with Crippen LogP contribution in [0.15, 0.2) is 0 Å². The molecule has 3 heteroatoms. The molecule has 0 heterocycles. The first-order valence-corrected chi connectivity index (χ1v) is 7.27. The zero-order chi connectivity index (χ0) is 12.2. The van der Waals surface area contributed by atoms with Gasteiger partial charge in [0.2, 0.25) is 0 Å². The zero-order valence-corrected chi connectivity index (χ0v) is 11.9. The van der Waals surface area contributed by atoms with Crippen LogP contribution in [0.25, 0.3) is 0 Å². The lowest BCUT2D eigenvalue weighted by Crippen LogP contribution is -2.28. The molecule has 0 aliphatic carbocycles. The van der Waals surface area contributed by atoms with Crippen molar-refractivity contribution in [2.75, 3.05) is 25.9 Å². The van der Waals surface area contributed by atoms with Crippen LogP contribution in [0.3, 0.4) is 0 Å². The predicted octanol–water partition coefficient (Wildman–Crippen LogP) is 2.96. The van der Waals surface area contributed by atoms with Gasteiger partial charge < -0.3 is 10.0 Å². The van der Waals surface area contributed by atoms with Crippen LogP contribution >= 0.6 is 12.6 Å². The maximum atomic E-state index is 9.20. The van der Waals surface area contributed by atoms with Gasteiger partial charge in [0.25, 0.3) is 0 Å². The van der Waals surface area contributed by atoms with E-state index in [0.717, 1.165) is 18.8 Å². The Morgan fingerprint density at radius 3 is 2.00 bits per heavy atom. The molecule has 16 heavy (non-hydrogen) atoms. The molecule has 0 aromatic carbocycles. The number of rotatable bonds is 11. The van der Waals surface area contributed by atoms with Crippen molar-refractivity contribution in [1.29, 1.82) is 0 Å². The Balaban J connectivity index is 3.08. The second kappa shape index (κ2) is 11.7. The largest absolute Gasteiger partial charge is 0.392 e. The molecule has 0 aliphatic heterocycles. The fourth-order valence-corrected chi connectivity index (χ4v) is 2.14. The van der Waals surface area contributed by atoms with Gasteiger partial charge in [0.15, 0.2) is 0 Å². The monoisotopic (exact) mass is 247 g/mol. The Kier molecular flexibility index (Phi) is 11.9.